The Labute approximate surface area is 202 Å². The Morgan fingerprint density at radius 2 is 1.71 bits per heavy atom. The Bertz CT molecular complexity index is 1420. The average Bonchev–Trinajstić information content (AvgIpc) is 3.22. The maximum Gasteiger partial charge on any atom is 0.267 e. The van der Waals surface area contributed by atoms with E-state index in [0.29, 0.717) is 22.1 Å². The van der Waals surface area contributed by atoms with Crippen molar-refractivity contribution in [3.63, 3.8) is 0 Å². The zero-order valence-electron chi connectivity index (χ0n) is 19.7. The molecule has 4 aromatic rings. The van der Waals surface area contributed by atoms with Crippen LogP contribution in [0.3, 0.4) is 0 Å². The van der Waals surface area contributed by atoms with Crippen LogP contribution in [-0.2, 0) is 4.79 Å². The number of likely N-dealkylation sites (tertiary alicyclic amines) is 1. The van der Waals surface area contributed by atoms with E-state index in [2.05, 4.69) is 16.3 Å². The first-order valence-electron chi connectivity index (χ1n) is 11.9. The van der Waals surface area contributed by atoms with Crippen molar-refractivity contribution < 1.29 is 4.79 Å². The minimum absolute atomic E-state index is 0.129. The van der Waals surface area contributed by atoms with Crippen molar-refractivity contribution in [2.45, 2.75) is 51.1 Å². The van der Waals surface area contributed by atoms with Gasteiger partial charge in [-0.25, -0.2) is 4.57 Å². The molecule has 0 aliphatic carbocycles. The number of amides is 1. The van der Waals surface area contributed by atoms with Gasteiger partial charge in [0.1, 0.15) is 0 Å². The second kappa shape index (κ2) is 9.62. The topological polar surface area (TPSA) is 72.5 Å². The highest BCUT2D eigenvalue weighted by Gasteiger charge is 2.21. The largest absolute Gasteiger partial charge is 0.342 e. The summed E-state index contributed by atoms with van der Waals surface area (Å²) in [6.07, 6.45) is 5.77. The SMILES string of the molecule is Cc1ccc(-n2c(=O)c3ccccc3n3c(SCC(=O)N4CCCCCCC4)nnc23)c(C)c1. The van der Waals surface area contributed by atoms with Gasteiger partial charge in [0.15, 0.2) is 5.16 Å². The quantitative estimate of drug-likeness (QED) is 0.406. The molecule has 0 radical (unpaired) electrons. The predicted molar refractivity (Wildman–Crippen MR) is 136 cm³/mol. The summed E-state index contributed by atoms with van der Waals surface area (Å²) in [4.78, 5) is 28.5. The van der Waals surface area contributed by atoms with Gasteiger partial charge in [-0.2, -0.15) is 0 Å². The zero-order valence-corrected chi connectivity index (χ0v) is 20.5. The molecule has 2 aromatic heterocycles. The molecule has 0 N–H and O–H groups in total. The highest BCUT2D eigenvalue weighted by Crippen LogP contribution is 2.25. The number of aromatic nitrogens is 4. The lowest BCUT2D eigenvalue weighted by molar-refractivity contribution is -0.128. The molecule has 176 valence electrons. The number of benzene rings is 2. The number of rotatable bonds is 4. The summed E-state index contributed by atoms with van der Waals surface area (Å²) in [6, 6.07) is 13.5. The second-order valence-electron chi connectivity index (χ2n) is 9.00. The minimum atomic E-state index is -0.129. The zero-order chi connectivity index (χ0) is 23.7. The summed E-state index contributed by atoms with van der Waals surface area (Å²) in [5.74, 6) is 0.894. The van der Waals surface area contributed by atoms with Crippen molar-refractivity contribution in [1.29, 1.82) is 0 Å². The maximum absolute atomic E-state index is 13.5. The number of nitrogens with zero attached hydrogens (tertiary/aromatic N) is 5. The second-order valence-corrected chi connectivity index (χ2v) is 9.95. The number of para-hydroxylation sites is 1. The molecule has 1 aliphatic heterocycles. The van der Waals surface area contributed by atoms with E-state index in [4.69, 9.17) is 0 Å². The first-order chi connectivity index (χ1) is 16.5. The van der Waals surface area contributed by atoms with E-state index in [1.54, 1.807) is 4.57 Å². The number of hydrogen-bond donors (Lipinski definition) is 0. The molecule has 7 nitrogen and oxygen atoms in total. The molecule has 0 saturated carbocycles. The molecule has 2 aromatic carbocycles. The molecule has 5 rings (SSSR count). The molecule has 3 heterocycles. The Kier molecular flexibility index (Phi) is 6.41. The number of carbonyl (C=O) groups is 1. The summed E-state index contributed by atoms with van der Waals surface area (Å²) in [5.41, 5.74) is 3.52. The van der Waals surface area contributed by atoms with Gasteiger partial charge in [0.25, 0.3) is 5.56 Å². The van der Waals surface area contributed by atoms with Gasteiger partial charge >= 0.3 is 0 Å². The van der Waals surface area contributed by atoms with Gasteiger partial charge in [-0.15, -0.1) is 10.2 Å². The summed E-state index contributed by atoms with van der Waals surface area (Å²) in [6.45, 7) is 5.68. The third-order valence-corrected chi connectivity index (χ3v) is 7.44. The van der Waals surface area contributed by atoms with Crippen LogP contribution < -0.4 is 5.56 Å². The molecule has 0 bridgehead atoms. The smallest absolute Gasteiger partial charge is 0.267 e. The van der Waals surface area contributed by atoms with Crippen LogP contribution in [0.25, 0.3) is 22.4 Å². The molecule has 0 unspecified atom stereocenters. The molecule has 34 heavy (non-hydrogen) atoms. The minimum Gasteiger partial charge on any atom is -0.342 e. The fraction of sp³-hybridized carbons (Fsp3) is 0.385. The Morgan fingerprint density at radius 3 is 2.47 bits per heavy atom. The first-order valence-corrected chi connectivity index (χ1v) is 12.9. The lowest BCUT2D eigenvalue weighted by Crippen LogP contribution is -2.35. The van der Waals surface area contributed by atoms with Gasteiger partial charge in [0.2, 0.25) is 11.7 Å². The summed E-state index contributed by atoms with van der Waals surface area (Å²) in [7, 11) is 0. The number of thioether (sulfide) groups is 1. The summed E-state index contributed by atoms with van der Waals surface area (Å²) < 4.78 is 3.54. The van der Waals surface area contributed by atoms with E-state index in [0.717, 1.165) is 48.3 Å². The molecule has 0 spiro atoms. The number of carbonyl (C=O) groups excluding carboxylic acids is 1. The van der Waals surface area contributed by atoms with Crippen LogP contribution in [0.2, 0.25) is 0 Å². The summed E-state index contributed by atoms with van der Waals surface area (Å²) >= 11 is 1.38. The van der Waals surface area contributed by atoms with Crippen molar-refractivity contribution in [1.82, 2.24) is 24.1 Å². The Morgan fingerprint density at radius 1 is 0.971 bits per heavy atom. The van der Waals surface area contributed by atoms with E-state index in [1.165, 1.54) is 31.0 Å². The van der Waals surface area contributed by atoms with Crippen LogP contribution in [-0.4, -0.2) is 48.8 Å². The molecule has 1 aliphatic rings. The van der Waals surface area contributed by atoms with Crippen molar-refractivity contribution in [3.05, 3.63) is 63.9 Å². The lowest BCUT2D eigenvalue weighted by atomic mass is 10.1. The third-order valence-electron chi connectivity index (χ3n) is 6.52. The van der Waals surface area contributed by atoms with Crippen molar-refractivity contribution >= 4 is 34.3 Å². The van der Waals surface area contributed by atoms with Gasteiger partial charge in [-0.1, -0.05) is 60.9 Å². The van der Waals surface area contributed by atoms with Gasteiger partial charge in [0, 0.05) is 13.1 Å². The van der Waals surface area contributed by atoms with Gasteiger partial charge in [-0.05, 0) is 50.5 Å². The normalized spacial score (nSPS) is 14.9. The van der Waals surface area contributed by atoms with Crippen LogP contribution in [0.4, 0.5) is 0 Å². The van der Waals surface area contributed by atoms with Gasteiger partial charge in [-0.3, -0.25) is 14.0 Å². The standard InChI is InChI=1S/C26H29N5O2S/c1-18-12-13-21(19(2)16-18)30-24(33)20-10-6-7-11-22(20)31-25(30)27-28-26(31)34-17-23(32)29-14-8-4-3-5-9-15-29/h6-7,10-13,16H,3-5,8-9,14-15,17H2,1-2H3. The highest BCUT2D eigenvalue weighted by atomic mass is 32.2. The average molecular weight is 476 g/mol. The fourth-order valence-corrected chi connectivity index (χ4v) is 5.60. The molecule has 1 amide bonds. The van der Waals surface area contributed by atoms with Crippen LogP contribution in [0, 0.1) is 13.8 Å². The van der Waals surface area contributed by atoms with Crippen molar-refractivity contribution in [3.8, 4) is 5.69 Å². The molecular formula is C26H29N5O2S. The van der Waals surface area contributed by atoms with Crippen LogP contribution >= 0.6 is 11.8 Å². The molecule has 1 saturated heterocycles. The molecule has 1 fully saturated rings. The highest BCUT2D eigenvalue weighted by molar-refractivity contribution is 7.99. The van der Waals surface area contributed by atoms with Crippen LogP contribution in [0.5, 0.6) is 0 Å². The van der Waals surface area contributed by atoms with Crippen molar-refractivity contribution in [2.24, 2.45) is 0 Å². The first kappa shape index (κ1) is 22.7. The third kappa shape index (κ3) is 4.22. The van der Waals surface area contributed by atoms with Gasteiger partial charge in [0.05, 0.1) is 22.3 Å². The monoisotopic (exact) mass is 475 g/mol. The maximum atomic E-state index is 13.5. The van der Waals surface area contributed by atoms with E-state index < -0.39 is 0 Å². The Balaban J connectivity index is 1.56. The molecular weight excluding hydrogens is 446 g/mol. The predicted octanol–water partition coefficient (Wildman–Crippen LogP) is 4.54. The summed E-state index contributed by atoms with van der Waals surface area (Å²) in [5, 5.41) is 10.0. The van der Waals surface area contributed by atoms with E-state index in [1.807, 2.05) is 59.5 Å². The van der Waals surface area contributed by atoms with Crippen LogP contribution in [0.15, 0.2) is 52.4 Å². The Hall–Kier alpha value is -3.13. The molecule has 0 atom stereocenters. The number of fused-ring (bicyclic) bond motifs is 3. The van der Waals surface area contributed by atoms with Gasteiger partial charge < -0.3 is 4.90 Å². The fourth-order valence-electron chi connectivity index (χ4n) is 4.76. The lowest BCUT2D eigenvalue weighted by Gasteiger charge is -2.24. The number of aryl methyl sites for hydroxylation is 2. The van der Waals surface area contributed by atoms with Crippen molar-refractivity contribution in [2.75, 3.05) is 18.8 Å². The van der Waals surface area contributed by atoms with E-state index >= 15 is 0 Å². The van der Waals surface area contributed by atoms with E-state index in [-0.39, 0.29) is 11.5 Å². The van der Waals surface area contributed by atoms with Crippen LogP contribution in [0.1, 0.15) is 43.2 Å². The molecule has 8 heteroatoms. The van der Waals surface area contributed by atoms with E-state index in [9.17, 15) is 9.59 Å². The number of hydrogen-bond acceptors (Lipinski definition) is 5.